The molecule has 1 radical (unpaired) electrons. The topological polar surface area (TPSA) is 90.1 Å². The number of nitrogens with one attached hydrogen (secondary N) is 1. The first-order valence-electron chi connectivity index (χ1n) is 5.74. The van der Waals surface area contributed by atoms with Crippen LogP contribution in [0.5, 0.6) is 0 Å². The number of anilines is 1. The van der Waals surface area contributed by atoms with Crippen LogP contribution in [0, 0.1) is 7.43 Å². The molecule has 18 heavy (non-hydrogen) atoms. The van der Waals surface area contributed by atoms with Crippen molar-refractivity contribution < 1.29 is 18.6 Å². The third-order valence-electron chi connectivity index (χ3n) is 1.48. The fourth-order valence-corrected chi connectivity index (χ4v) is 0.891. The Kier molecular flexibility index (Phi) is 36.8. The second-order valence-electron chi connectivity index (χ2n) is 2.67. The van der Waals surface area contributed by atoms with Crippen molar-refractivity contribution in [3.8, 4) is 0 Å². The summed E-state index contributed by atoms with van der Waals surface area (Å²) in [5, 5.41) is 3.27. The van der Waals surface area contributed by atoms with Gasteiger partial charge in [0.1, 0.15) is 0 Å². The van der Waals surface area contributed by atoms with Gasteiger partial charge in [-0.2, -0.15) is 0 Å². The summed E-state index contributed by atoms with van der Waals surface area (Å²) in [5.74, 6) is 0. The first-order valence-corrected chi connectivity index (χ1v) is 5.74. The van der Waals surface area contributed by atoms with E-state index in [4.69, 9.17) is 5.73 Å². The van der Waals surface area contributed by atoms with Crippen LogP contribution in [-0.2, 0) is 18.6 Å². The summed E-state index contributed by atoms with van der Waals surface area (Å²) in [4.78, 5) is 0. The van der Waals surface area contributed by atoms with E-state index in [9.17, 15) is 0 Å². The maximum atomic E-state index is 5.35. The van der Waals surface area contributed by atoms with Crippen molar-refractivity contribution in [3.63, 3.8) is 0 Å². The second kappa shape index (κ2) is 25.4. The molecule has 0 amide bonds. The fourth-order valence-electron chi connectivity index (χ4n) is 0.891. The van der Waals surface area contributed by atoms with E-state index in [2.05, 4.69) is 28.9 Å². The molecule has 0 bridgehead atoms. The van der Waals surface area contributed by atoms with Crippen LogP contribution < -0.4 is 22.5 Å². The second-order valence-corrected chi connectivity index (χ2v) is 2.67. The van der Waals surface area contributed by atoms with Crippen molar-refractivity contribution in [3.05, 3.63) is 37.8 Å². The Morgan fingerprint density at radius 3 is 1.83 bits per heavy atom. The van der Waals surface area contributed by atoms with Crippen LogP contribution in [0.1, 0.15) is 20.3 Å². The molecule has 0 aliphatic heterocycles. The van der Waals surface area contributed by atoms with Crippen LogP contribution in [0.25, 0.3) is 0 Å². The van der Waals surface area contributed by atoms with Gasteiger partial charge in [-0.15, -0.1) is 0 Å². The Balaban J connectivity index is -0.000000124. The van der Waals surface area contributed by atoms with Crippen molar-refractivity contribution in [2.75, 3.05) is 25.1 Å². The van der Waals surface area contributed by atoms with Gasteiger partial charge < -0.3 is 29.9 Å². The van der Waals surface area contributed by atoms with Gasteiger partial charge in [0.05, 0.1) is 0 Å². The molecule has 0 aliphatic rings. The van der Waals surface area contributed by atoms with E-state index in [1.54, 1.807) is 0 Å². The van der Waals surface area contributed by atoms with Gasteiger partial charge in [0.15, 0.2) is 0 Å². The molecule has 0 unspecified atom stereocenters. The number of nitrogens with two attached hydrogens (primary N) is 3. The molecule has 1 aromatic carbocycles. The Bertz CT molecular complexity index is 207. The molecule has 0 aliphatic carbocycles. The molecular weight excluding hydrogens is 263 g/mol. The third kappa shape index (κ3) is 20.8. The maximum absolute atomic E-state index is 5.35. The summed E-state index contributed by atoms with van der Waals surface area (Å²) in [6.07, 6.45) is 1.02. The first-order chi connectivity index (χ1) is 7.85. The zero-order valence-electron chi connectivity index (χ0n) is 11.9. The average molecular weight is 292 g/mol. The van der Waals surface area contributed by atoms with E-state index in [0.29, 0.717) is 0 Å². The zero-order valence-corrected chi connectivity index (χ0v) is 13.3. The molecule has 0 saturated carbocycles. The molecule has 1 rings (SSSR count). The van der Waals surface area contributed by atoms with E-state index >= 15 is 0 Å². The standard InChI is InChI=1S/C9H14N2.C2H6.CH6N2.CH3.V/c10-7-4-8-11-9-5-2-1-3-6-9;1-2;2-1-3;;/h1-3,5-6,11H,4,7-8,10H2;1-2H3;1-3H2;1H3;/q;;;-1;. The minimum absolute atomic E-state index is 0. The Labute approximate surface area is 125 Å². The van der Waals surface area contributed by atoms with E-state index in [1.807, 2.05) is 32.0 Å². The molecule has 107 valence electrons. The third-order valence-corrected chi connectivity index (χ3v) is 1.48. The van der Waals surface area contributed by atoms with Gasteiger partial charge in [0.25, 0.3) is 0 Å². The monoisotopic (exact) mass is 292 g/mol. The smallest absolute Gasteiger partial charge is 0.0403 e. The van der Waals surface area contributed by atoms with Gasteiger partial charge in [0, 0.05) is 37.5 Å². The molecule has 5 heteroatoms. The molecule has 4 nitrogen and oxygen atoms in total. The number of rotatable bonds is 4. The molecule has 0 saturated heterocycles. The number of hydrogen-bond donors (Lipinski definition) is 4. The molecule has 7 N–H and O–H groups in total. The van der Waals surface area contributed by atoms with Crippen molar-refractivity contribution >= 4 is 5.69 Å². The number of benzene rings is 1. The fraction of sp³-hybridized carbons (Fsp3) is 0.462. The predicted octanol–water partition coefficient (Wildman–Crippen LogP) is 1.78. The molecule has 0 aromatic heterocycles. The van der Waals surface area contributed by atoms with Gasteiger partial charge >= 0.3 is 0 Å². The minimum Gasteiger partial charge on any atom is -0.385 e. The van der Waals surface area contributed by atoms with Crippen molar-refractivity contribution in [1.82, 2.24) is 0 Å². The summed E-state index contributed by atoms with van der Waals surface area (Å²) in [5.41, 5.74) is 15.8. The van der Waals surface area contributed by atoms with Crippen LogP contribution in [-0.4, -0.2) is 19.8 Å². The number of hydrogen-bond acceptors (Lipinski definition) is 4. The van der Waals surface area contributed by atoms with Gasteiger partial charge in [0.2, 0.25) is 0 Å². The summed E-state index contributed by atoms with van der Waals surface area (Å²) < 4.78 is 0. The van der Waals surface area contributed by atoms with Crippen molar-refractivity contribution in [2.45, 2.75) is 20.3 Å². The van der Waals surface area contributed by atoms with E-state index in [0.717, 1.165) is 19.5 Å². The molecule has 1 aromatic rings. The molecular formula is C13H29N4V-. The van der Waals surface area contributed by atoms with Gasteiger partial charge in [-0.25, -0.2) is 0 Å². The molecule has 0 heterocycles. The Morgan fingerprint density at radius 2 is 1.44 bits per heavy atom. The van der Waals surface area contributed by atoms with Crippen LogP contribution in [0.3, 0.4) is 0 Å². The van der Waals surface area contributed by atoms with Crippen LogP contribution in [0.15, 0.2) is 30.3 Å². The van der Waals surface area contributed by atoms with E-state index in [-0.39, 0.29) is 32.7 Å². The summed E-state index contributed by atoms with van der Waals surface area (Å²) in [6, 6.07) is 10.1. The Morgan fingerprint density at radius 1 is 1.00 bits per heavy atom. The predicted molar refractivity (Wildman–Crippen MR) is 79.6 cm³/mol. The molecule has 0 atom stereocenters. The SMILES string of the molecule is CC.NCCCNc1ccccc1.NCN.[CH3-].[V]. The van der Waals surface area contributed by atoms with Gasteiger partial charge in [-0.3, -0.25) is 0 Å². The largest absolute Gasteiger partial charge is 0.385 e. The van der Waals surface area contributed by atoms with Crippen LogP contribution in [0.2, 0.25) is 0 Å². The van der Waals surface area contributed by atoms with Crippen molar-refractivity contribution in [1.29, 1.82) is 0 Å². The minimum atomic E-state index is 0. The van der Waals surface area contributed by atoms with Crippen LogP contribution >= 0.6 is 0 Å². The maximum Gasteiger partial charge on any atom is 0.0403 e. The van der Waals surface area contributed by atoms with Crippen LogP contribution in [0.4, 0.5) is 5.69 Å². The Hall–Kier alpha value is -0.516. The molecule has 0 spiro atoms. The van der Waals surface area contributed by atoms with Gasteiger partial charge in [-0.1, -0.05) is 32.0 Å². The quantitative estimate of drug-likeness (QED) is 0.387. The molecule has 0 fully saturated rings. The average Bonchev–Trinajstić information content (AvgIpc) is 2.34. The van der Waals surface area contributed by atoms with E-state index in [1.165, 1.54) is 5.69 Å². The number of para-hydroxylation sites is 1. The summed E-state index contributed by atoms with van der Waals surface area (Å²) in [6.45, 7) is 5.96. The van der Waals surface area contributed by atoms with Gasteiger partial charge in [-0.05, 0) is 25.1 Å². The zero-order chi connectivity index (χ0) is 12.6. The van der Waals surface area contributed by atoms with Crippen molar-refractivity contribution in [2.24, 2.45) is 17.2 Å². The van der Waals surface area contributed by atoms with E-state index < -0.39 is 0 Å². The first kappa shape index (κ1) is 26.1. The summed E-state index contributed by atoms with van der Waals surface area (Å²) >= 11 is 0. The normalized spacial score (nSPS) is 7.17. The summed E-state index contributed by atoms with van der Waals surface area (Å²) in [7, 11) is 0.